The van der Waals surface area contributed by atoms with Gasteiger partial charge in [0.1, 0.15) is 21.2 Å². The molecule has 10 heteroatoms. The van der Waals surface area contributed by atoms with Crippen molar-refractivity contribution in [2.24, 2.45) is 0 Å². The van der Waals surface area contributed by atoms with Crippen LogP contribution in [-0.2, 0) is 16.0 Å². The van der Waals surface area contributed by atoms with Crippen molar-refractivity contribution in [2.75, 3.05) is 16.0 Å². The molecule has 2 saturated heterocycles. The number of thioether (sulfide) groups is 2. The van der Waals surface area contributed by atoms with E-state index in [2.05, 4.69) is 16.0 Å². The van der Waals surface area contributed by atoms with E-state index in [1.807, 2.05) is 48.2 Å². The molecule has 162 valence electrons. The van der Waals surface area contributed by atoms with Gasteiger partial charge in [0.2, 0.25) is 11.8 Å². The number of hydrogen-bond donors (Lipinski definition) is 3. The summed E-state index contributed by atoms with van der Waals surface area (Å²) in [5, 5.41) is 9.59. The van der Waals surface area contributed by atoms with E-state index in [0.717, 1.165) is 23.4 Å². The fourth-order valence-electron chi connectivity index (χ4n) is 3.50. The monoisotopic (exact) mass is 492 g/mol. The molecule has 2 amide bonds. The number of halogens is 1. The van der Waals surface area contributed by atoms with E-state index in [1.54, 1.807) is 12.1 Å². The zero-order valence-corrected chi connectivity index (χ0v) is 19.8. The minimum atomic E-state index is -0.405. The molecule has 2 heterocycles. The van der Waals surface area contributed by atoms with Gasteiger partial charge in [0.15, 0.2) is 0 Å². The van der Waals surface area contributed by atoms with Gasteiger partial charge in [-0.25, -0.2) is 0 Å². The highest BCUT2D eigenvalue weighted by Gasteiger charge is 2.47. The highest BCUT2D eigenvalue weighted by molar-refractivity contribution is 8.24. The summed E-state index contributed by atoms with van der Waals surface area (Å²) >= 11 is 14.2. The fourth-order valence-corrected chi connectivity index (χ4v) is 6.03. The second-order valence-corrected chi connectivity index (χ2v) is 10.3. The minimum absolute atomic E-state index is 0.0956. The number of rotatable bonds is 6. The van der Waals surface area contributed by atoms with Crippen molar-refractivity contribution in [3.63, 3.8) is 0 Å². The molecule has 2 aromatic rings. The van der Waals surface area contributed by atoms with Crippen LogP contribution in [0.2, 0.25) is 5.02 Å². The average molecular weight is 493 g/mol. The lowest BCUT2D eigenvalue weighted by Gasteiger charge is -2.36. The van der Waals surface area contributed by atoms with Gasteiger partial charge in [-0.1, -0.05) is 60.7 Å². The Morgan fingerprint density at radius 1 is 1.26 bits per heavy atom. The maximum absolute atomic E-state index is 12.7. The van der Waals surface area contributed by atoms with Crippen molar-refractivity contribution < 1.29 is 9.59 Å². The Balaban J connectivity index is 1.40. The number of thiocarbonyl (C=S) groups is 1. The molecule has 0 spiro atoms. The summed E-state index contributed by atoms with van der Waals surface area (Å²) in [7, 11) is 0. The van der Waals surface area contributed by atoms with E-state index >= 15 is 0 Å². The normalized spacial score (nSPS) is 22.8. The number of fused-ring (bicyclic) bond motifs is 1. The zero-order valence-electron chi connectivity index (χ0n) is 16.6. The molecular weight excluding hydrogens is 472 g/mol. The third-order valence-electron chi connectivity index (χ3n) is 5.00. The highest BCUT2D eigenvalue weighted by Crippen LogP contribution is 2.37. The van der Waals surface area contributed by atoms with Crippen LogP contribution < -0.4 is 20.9 Å². The smallest absolute Gasteiger partial charge is 0.238 e. The van der Waals surface area contributed by atoms with Crippen molar-refractivity contribution in [1.29, 1.82) is 0 Å². The number of para-hydroxylation sites is 1. The third kappa shape index (κ3) is 5.01. The lowest BCUT2D eigenvalue weighted by molar-refractivity contribution is -0.122. The SMILES string of the molecule is CCc1ccccc1NC(=O)CSC1NC(=O)C2SC(=S)N(c3ccc(Cl)cc3)C2N1. The van der Waals surface area contributed by atoms with Gasteiger partial charge in [-0.05, 0) is 42.3 Å². The van der Waals surface area contributed by atoms with Gasteiger partial charge in [-0.2, -0.15) is 0 Å². The van der Waals surface area contributed by atoms with E-state index in [1.165, 1.54) is 23.5 Å². The van der Waals surface area contributed by atoms with Crippen molar-refractivity contribution >= 4 is 74.9 Å². The first kappa shape index (κ1) is 22.4. The van der Waals surface area contributed by atoms with Crippen LogP contribution in [0.4, 0.5) is 11.4 Å². The van der Waals surface area contributed by atoms with Crippen LogP contribution >= 0.6 is 47.3 Å². The Labute approximate surface area is 199 Å². The third-order valence-corrected chi connectivity index (χ3v) is 7.88. The Morgan fingerprint density at radius 2 is 2.00 bits per heavy atom. The number of carbonyl (C=O) groups excluding carboxylic acids is 2. The van der Waals surface area contributed by atoms with E-state index in [-0.39, 0.29) is 29.0 Å². The average Bonchev–Trinajstić information content (AvgIpc) is 3.10. The first-order valence-electron chi connectivity index (χ1n) is 9.77. The molecule has 0 aromatic heterocycles. The van der Waals surface area contributed by atoms with Gasteiger partial charge < -0.3 is 15.5 Å². The van der Waals surface area contributed by atoms with Gasteiger partial charge in [-0.15, -0.1) is 11.8 Å². The van der Waals surface area contributed by atoms with Crippen molar-refractivity contribution in [3.05, 3.63) is 59.1 Å². The number of nitrogens with one attached hydrogen (secondary N) is 3. The summed E-state index contributed by atoms with van der Waals surface area (Å²) in [4.78, 5) is 27.1. The van der Waals surface area contributed by atoms with Gasteiger partial charge in [0.05, 0.1) is 5.75 Å². The summed E-state index contributed by atoms with van der Waals surface area (Å²) in [6, 6.07) is 15.1. The number of anilines is 2. The molecule has 4 rings (SSSR count). The predicted octanol–water partition coefficient (Wildman–Crippen LogP) is 3.81. The number of amides is 2. The van der Waals surface area contributed by atoms with Crippen LogP contribution in [0.3, 0.4) is 0 Å². The summed E-state index contributed by atoms with van der Waals surface area (Å²) in [6.45, 7) is 2.05. The van der Waals surface area contributed by atoms with E-state index in [9.17, 15) is 9.59 Å². The van der Waals surface area contributed by atoms with Crippen LogP contribution in [0, 0.1) is 0 Å². The maximum atomic E-state index is 12.7. The van der Waals surface area contributed by atoms with Gasteiger partial charge in [0.25, 0.3) is 0 Å². The number of benzene rings is 2. The van der Waals surface area contributed by atoms with E-state index in [4.69, 9.17) is 23.8 Å². The Hall–Kier alpha value is -1.78. The van der Waals surface area contributed by atoms with Crippen LogP contribution in [0.1, 0.15) is 12.5 Å². The van der Waals surface area contributed by atoms with Crippen LogP contribution in [0.25, 0.3) is 0 Å². The molecule has 2 aliphatic heterocycles. The van der Waals surface area contributed by atoms with Gasteiger partial charge in [-0.3, -0.25) is 14.9 Å². The molecule has 0 aliphatic carbocycles. The minimum Gasteiger partial charge on any atom is -0.331 e. The van der Waals surface area contributed by atoms with Crippen LogP contribution in [0.15, 0.2) is 48.5 Å². The Kier molecular flexibility index (Phi) is 7.08. The molecule has 31 heavy (non-hydrogen) atoms. The highest BCUT2D eigenvalue weighted by atomic mass is 35.5. The Morgan fingerprint density at radius 3 is 2.74 bits per heavy atom. The van der Waals surface area contributed by atoms with Crippen LogP contribution in [0.5, 0.6) is 0 Å². The quantitative estimate of drug-likeness (QED) is 0.529. The molecule has 2 fully saturated rings. The summed E-state index contributed by atoms with van der Waals surface area (Å²) in [5.41, 5.74) is 2.37. The molecule has 2 aliphatic rings. The van der Waals surface area contributed by atoms with Gasteiger partial charge in [0, 0.05) is 16.4 Å². The van der Waals surface area contributed by atoms with Crippen LogP contribution in [-0.4, -0.2) is 38.8 Å². The maximum Gasteiger partial charge on any atom is 0.238 e. The molecule has 2 aromatic carbocycles. The summed E-state index contributed by atoms with van der Waals surface area (Å²) in [5.74, 6) is -0.0110. The molecule has 6 nitrogen and oxygen atoms in total. The standard InChI is InChI=1S/C21H21ClN4O2S3/c1-2-12-5-3-4-6-15(12)23-16(27)11-30-20-24-18-17(19(28)25-20)31-21(29)26(18)14-9-7-13(22)8-10-14/h3-10,17-18,20,24H,2,11H2,1H3,(H,23,27)(H,25,28). The zero-order chi connectivity index (χ0) is 22.0. The number of hydrogen-bond acceptors (Lipinski definition) is 6. The number of carbonyl (C=O) groups is 2. The fraction of sp³-hybridized carbons (Fsp3) is 0.286. The Bertz CT molecular complexity index is 1000. The molecule has 0 saturated carbocycles. The van der Waals surface area contributed by atoms with Crippen molar-refractivity contribution in [2.45, 2.75) is 30.3 Å². The van der Waals surface area contributed by atoms with Crippen molar-refractivity contribution in [3.8, 4) is 0 Å². The number of nitrogens with zero attached hydrogens (tertiary/aromatic N) is 1. The topological polar surface area (TPSA) is 73.5 Å². The van der Waals surface area contributed by atoms with Gasteiger partial charge >= 0.3 is 0 Å². The molecule has 0 bridgehead atoms. The first-order chi connectivity index (χ1) is 15.0. The summed E-state index contributed by atoms with van der Waals surface area (Å²) in [6.07, 6.45) is 0.541. The number of aryl methyl sites for hydroxylation is 1. The predicted molar refractivity (Wildman–Crippen MR) is 134 cm³/mol. The lowest BCUT2D eigenvalue weighted by Crippen LogP contribution is -2.64. The van der Waals surface area contributed by atoms with E-state index < -0.39 is 5.50 Å². The second-order valence-electron chi connectivity index (χ2n) is 7.02. The molecule has 3 atom stereocenters. The largest absolute Gasteiger partial charge is 0.331 e. The first-order valence-corrected chi connectivity index (χ1v) is 12.5. The lowest BCUT2D eigenvalue weighted by atomic mass is 10.1. The summed E-state index contributed by atoms with van der Waals surface area (Å²) < 4.78 is 0.625. The molecule has 3 N–H and O–H groups in total. The van der Waals surface area contributed by atoms with Crippen molar-refractivity contribution in [1.82, 2.24) is 10.6 Å². The van der Waals surface area contributed by atoms with E-state index in [0.29, 0.717) is 9.34 Å². The molecule has 0 radical (unpaired) electrons. The molecule has 3 unspecified atom stereocenters. The second kappa shape index (κ2) is 9.79. The molecular formula is C21H21ClN4O2S3.